The number of aryl methyl sites for hydroxylation is 1. The molecule has 0 radical (unpaired) electrons. The topological polar surface area (TPSA) is 95.3 Å². The molecule has 31 heavy (non-hydrogen) atoms. The lowest BCUT2D eigenvalue weighted by Crippen LogP contribution is -2.40. The highest BCUT2D eigenvalue weighted by molar-refractivity contribution is 6.06. The first kappa shape index (κ1) is 20.8. The molecule has 8 nitrogen and oxygen atoms in total. The molecule has 1 fully saturated rings. The van der Waals surface area contributed by atoms with Crippen LogP contribution in [0.25, 0.3) is 0 Å². The minimum absolute atomic E-state index is 0.00494. The Morgan fingerprint density at radius 2 is 2.10 bits per heavy atom. The highest BCUT2D eigenvalue weighted by Gasteiger charge is 2.31. The summed E-state index contributed by atoms with van der Waals surface area (Å²) in [4.78, 5) is 29.5. The van der Waals surface area contributed by atoms with Gasteiger partial charge in [-0.2, -0.15) is 5.10 Å². The summed E-state index contributed by atoms with van der Waals surface area (Å²) in [5.74, 6) is 0.471. The fraction of sp³-hybridized carbons (Fsp3) is 0.391. The summed E-state index contributed by atoms with van der Waals surface area (Å²) in [6.45, 7) is 3.22. The van der Waals surface area contributed by atoms with E-state index in [2.05, 4.69) is 22.3 Å². The van der Waals surface area contributed by atoms with Gasteiger partial charge in [-0.25, -0.2) is 0 Å². The minimum atomic E-state index is -0.135. The van der Waals surface area contributed by atoms with E-state index in [0.717, 1.165) is 42.8 Å². The van der Waals surface area contributed by atoms with E-state index in [1.165, 1.54) is 0 Å². The van der Waals surface area contributed by atoms with Crippen LogP contribution in [0.2, 0.25) is 0 Å². The number of para-hydroxylation sites is 1. The molecule has 2 amide bonds. The fourth-order valence-corrected chi connectivity index (χ4v) is 4.06. The van der Waals surface area contributed by atoms with E-state index >= 15 is 0 Å². The van der Waals surface area contributed by atoms with Gasteiger partial charge in [0.25, 0.3) is 11.8 Å². The number of hydrogen-bond acceptors (Lipinski definition) is 5. The largest absolute Gasteiger partial charge is 0.361 e. The first-order chi connectivity index (χ1) is 15.1. The van der Waals surface area contributed by atoms with Gasteiger partial charge < -0.3 is 14.3 Å². The molecule has 0 bridgehead atoms. The molecule has 1 atom stereocenters. The molecule has 1 aliphatic rings. The van der Waals surface area contributed by atoms with Crippen molar-refractivity contribution in [2.24, 2.45) is 0 Å². The van der Waals surface area contributed by atoms with Crippen molar-refractivity contribution < 1.29 is 14.1 Å². The van der Waals surface area contributed by atoms with Gasteiger partial charge in [0.15, 0.2) is 5.69 Å². The van der Waals surface area contributed by atoms with Gasteiger partial charge in [0.05, 0.1) is 17.5 Å². The van der Waals surface area contributed by atoms with Crippen molar-refractivity contribution in [3.63, 3.8) is 0 Å². The molecule has 1 aliphatic heterocycles. The van der Waals surface area contributed by atoms with E-state index in [1.807, 2.05) is 30.3 Å². The molecule has 1 N–H and O–H groups in total. The smallest absolute Gasteiger partial charge is 0.276 e. The Morgan fingerprint density at radius 3 is 2.87 bits per heavy atom. The fourth-order valence-electron chi connectivity index (χ4n) is 4.06. The van der Waals surface area contributed by atoms with Crippen LogP contribution < -0.4 is 4.90 Å². The number of likely N-dealkylation sites (tertiary alicyclic amines) is 1. The number of H-pyrrole nitrogens is 1. The lowest BCUT2D eigenvalue weighted by atomic mass is 9.92. The minimum Gasteiger partial charge on any atom is -0.361 e. The zero-order chi connectivity index (χ0) is 21.8. The van der Waals surface area contributed by atoms with Crippen LogP contribution in [-0.4, -0.2) is 52.2 Å². The molecule has 3 heterocycles. The van der Waals surface area contributed by atoms with Gasteiger partial charge in [0.1, 0.15) is 5.76 Å². The molecular formula is C23H27N5O3. The summed E-state index contributed by atoms with van der Waals surface area (Å²) >= 11 is 0. The average molecular weight is 422 g/mol. The summed E-state index contributed by atoms with van der Waals surface area (Å²) in [6.07, 6.45) is 4.99. The molecule has 8 heteroatoms. The molecule has 0 unspecified atom stereocenters. The number of piperidine rings is 1. The SMILES string of the molecule is CCCc1cc(C(=O)N2CCC[C@@H](c3[nH]ncc3C(=O)N(C)c3ccccc3)C2)no1. The van der Waals surface area contributed by atoms with Crippen molar-refractivity contribution in [1.82, 2.24) is 20.3 Å². The second-order valence-electron chi connectivity index (χ2n) is 7.92. The Morgan fingerprint density at radius 1 is 1.29 bits per heavy atom. The summed E-state index contributed by atoms with van der Waals surface area (Å²) in [5.41, 5.74) is 2.47. The molecule has 2 aromatic heterocycles. The second-order valence-corrected chi connectivity index (χ2v) is 7.92. The van der Waals surface area contributed by atoms with Gasteiger partial charge >= 0.3 is 0 Å². The summed E-state index contributed by atoms with van der Waals surface area (Å²) in [6, 6.07) is 11.2. The number of carbonyl (C=O) groups excluding carboxylic acids is 2. The normalized spacial score (nSPS) is 16.3. The quantitative estimate of drug-likeness (QED) is 0.656. The molecule has 3 aromatic rings. The van der Waals surface area contributed by atoms with Crippen LogP contribution in [0, 0.1) is 0 Å². The van der Waals surface area contributed by atoms with Crippen LogP contribution in [0.15, 0.2) is 47.1 Å². The van der Waals surface area contributed by atoms with Crippen LogP contribution in [0.4, 0.5) is 5.69 Å². The van der Waals surface area contributed by atoms with E-state index < -0.39 is 0 Å². The summed E-state index contributed by atoms with van der Waals surface area (Å²) < 4.78 is 5.27. The number of aromatic amines is 1. The summed E-state index contributed by atoms with van der Waals surface area (Å²) in [7, 11) is 1.75. The zero-order valence-electron chi connectivity index (χ0n) is 17.9. The van der Waals surface area contributed by atoms with Crippen molar-refractivity contribution >= 4 is 17.5 Å². The summed E-state index contributed by atoms with van der Waals surface area (Å²) in [5, 5.41) is 11.1. The van der Waals surface area contributed by atoms with Crippen molar-refractivity contribution in [1.29, 1.82) is 0 Å². The first-order valence-corrected chi connectivity index (χ1v) is 10.7. The molecule has 1 aromatic carbocycles. The third-order valence-electron chi connectivity index (χ3n) is 5.74. The van der Waals surface area contributed by atoms with Gasteiger partial charge in [0, 0.05) is 44.2 Å². The van der Waals surface area contributed by atoms with Crippen molar-refractivity contribution in [3.05, 3.63) is 65.3 Å². The van der Waals surface area contributed by atoms with Gasteiger partial charge in [-0.05, 0) is 31.4 Å². The van der Waals surface area contributed by atoms with Crippen LogP contribution >= 0.6 is 0 Å². The molecule has 4 rings (SSSR count). The van der Waals surface area contributed by atoms with Crippen molar-refractivity contribution in [3.8, 4) is 0 Å². The van der Waals surface area contributed by atoms with Gasteiger partial charge in [-0.1, -0.05) is 30.3 Å². The molecule has 0 spiro atoms. The predicted molar refractivity (Wildman–Crippen MR) is 116 cm³/mol. The van der Waals surface area contributed by atoms with E-state index in [0.29, 0.717) is 24.3 Å². The number of rotatable bonds is 6. The molecule has 162 valence electrons. The molecule has 0 aliphatic carbocycles. The number of nitrogens with one attached hydrogen (secondary N) is 1. The highest BCUT2D eigenvalue weighted by atomic mass is 16.5. The van der Waals surface area contributed by atoms with Crippen LogP contribution in [0.5, 0.6) is 0 Å². The van der Waals surface area contributed by atoms with E-state index in [4.69, 9.17) is 4.52 Å². The third-order valence-corrected chi connectivity index (χ3v) is 5.74. The maximum atomic E-state index is 13.1. The van der Waals surface area contributed by atoms with E-state index in [1.54, 1.807) is 29.1 Å². The lowest BCUT2D eigenvalue weighted by molar-refractivity contribution is 0.0695. The Labute approximate surface area is 181 Å². The number of carbonyl (C=O) groups is 2. The zero-order valence-corrected chi connectivity index (χ0v) is 17.9. The number of hydrogen-bond donors (Lipinski definition) is 1. The van der Waals surface area contributed by atoms with Crippen LogP contribution in [0.3, 0.4) is 0 Å². The highest BCUT2D eigenvalue weighted by Crippen LogP contribution is 2.30. The van der Waals surface area contributed by atoms with E-state index in [-0.39, 0.29) is 17.7 Å². The molecular weight excluding hydrogens is 394 g/mol. The second kappa shape index (κ2) is 9.16. The van der Waals surface area contributed by atoms with Crippen molar-refractivity contribution in [2.45, 2.75) is 38.5 Å². The number of amides is 2. The van der Waals surface area contributed by atoms with Gasteiger partial charge in [-0.3, -0.25) is 14.7 Å². The third kappa shape index (κ3) is 4.38. The van der Waals surface area contributed by atoms with E-state index in [9.17, 15) is 9.59 Å². The molecule has 1 saturated heterocycles. The Balaban J connectivity index is 1.50. The van der Waals surface area contributed by atoms with Crippen LogP contribution in [0.1, 0.15) is 64.4 Å². The number of aromatic nitrogens is 3. The Kier molecular flexibility index (Phi) is 6.16. The lowest BCUT2D eigenvalue weighted by Gasteiger charge is -2.32. The van der Waals surface area contributed by atoms with Gasteiger partial charge in [-0.15, -0.1) is 0 Å². The number of nitrogens with zero attached hydrogens (tertiary/aromatic N) is 4. The first-order valence-electron chi connectivity index (χ1n) is 10.7. The maximum absolute atomic E-state index is 13.1. The average Bonchev–Trinajstić information content (AvgIpc) is 3.48. The Hall–Kier alpha value is -3.42. The number of benzene rings is 1. The standard InChI is InChI=1S/C23H27N5O3/c1-3-8-18-13-20(26-31-18)23(30)28-12-7-9-16(15-28)21-19(14-24-25-21)22(29)27(2)17-10-5-4-6-11-17/h4-6,10-11,13-14,16H,3,7-9,12,15H2,1-2H3,(H,24,25)/t16-/m1/s1. The number of anilines is 1. The predicted octanol–water partition coefficient (Wildman–Crippen LogP) is 3.65. The van der Waals surface area contributed by atoms with Gasteiger partial charge in [0.2, 0.25) is 0 Å². The molecule has 0 saturated carbocycles. The maximum Gasteiger partial charge on any atom is 0.276 e. The van der Waals surface area contributed by atoms with Crippen molar-refractivity contribution in [2.75, 3.05) is 25.0 Å². The Bertz CT molecular complexity index is 1040. The van der Waals surface area contributed by atoms with Crippen LogP contribution in [-0.2, 0) is 6.42 Å². The monoisotopic (exact) mass is 421 g/mol.